The number of aromatic nitrogens is 2. The minimum Gasteiger partial charge on any atom is -0.326 e. The molecule has 1 aromatic heterocycles. The van der Waals surface area contributed by atoms with Gasteiger partial charge in [0.05, 0.1) is 21.6 Å². The highest BCUT2D eigenvalue weighted by Gasteiger charge is 2.11. The minimum absolute atomic E-state index is 0.0314. The molecule has 0 spiro atoms. The van der Waals surface area contributed by atoms with Crippen molar-refractivity contribution in [3.8, 4) is 0 Å². The van der Waals surface area contributed by atoms with E-state index in [-0.39, 0.29) is 28.5 Å². The van der Waals surface area contributed by atoms with E-state index in [1.807, 2.05) is 6.07 Å². The van der Waals surface area contributed by atoms with Crippen molar-refractivity contribution in [3.63, 3.8) is 0 Å². The predicted octanol–water partition coefficient (Wildman–Crippen LogP) is 2.68. The third-order valence-electron chi connectivity index (χ3n) is 4.36. The molecular weight excluding hydrogens is 378 g/mol. The maximum absolute atomic E-state index is 12.1. The van der Waals surface area contributed by atoms with Gasteiger partial charge in [0, 0.05) is 18.5 Å². The summed E-state index contributed by atoms with van der Waals surface area (Å²) in [5, 5.41) is 3.28. The highest BCUT2D eigenvalue weighted by molar-refractivity contribution is 7.91. The SMILES string of the molecule is CCS(=O)(=O)c1ccc(NC(=O)CCCc2nc3ccccc3c(=O)[nH]2)cc1. The zero-order chi connectivity index (χ0) is 20.1. The molecule has 8 heteroatoms. The number of fused-ring (bicyclic) bond motifs is 1. The summed E-state index contributed by atoms with van der Waals surface area (Å²) in [6, 6.07) is 13.2. The Morgan fingerprint density at radius 3 is 2.54 bits per heavy atom. The molecule has 0 unspecified atom stereocenters. The van der Waals surface area contributed by atoms with E-state index in [9.17, 15) is 18.0 Å². The van der Waals surface area contributed by atoms with Crippen molar-refractivity contribution in [1.29, 1.82) is 0 Å². The Morgan fingerprint density at radius 1 is 1.11 bits per heavy atom. The van der Waals surface area contributed by atoms with Gasteiger partial charge in [0.1, 0.15) is 5.82 Å². The predicted molar refractivity (Wildman–Crippen MR) is 108 cm³/mol. The Morgan fingerprint density at radius 2 is 1.82 bits per heavy atom. The molecular formula is C20H21N3O4S. The number of carbonyl (C=O) groups excluding carboxylic acids is 1. The Hall–Kier alpha value is -3.00. The number of benzene rings is 2. The molecule has 0 aliphatic heterocycles. The van der Waals surface area contributed by atoms with E-state index in [1.165, 1.54) is 12.1 Å². The molecule has 0 fully saturated rings. The lowest BCUT2D eigenvalue weighted by atomic mass is 10.2. The fourth-order valence-electron chi connectivity index (χ4n) is 2.81. The molecule has 0 bridgehead atoms. The Balaban J connectivity index is 1.56. The topological polar surface area (TPSA) is 109 Å². The summed E-state index contributed by atoms with van der Waals surface area (Å²) < 4.78 is 23.6. The van der Waals surface area contributed by atoms with E-state index in [0.717, 1.165) is 0 Å². The number of sulfone groups is 1. The van der Waals surface area contributed by atoms with Crippen LogP contribution in [0.5, 0.6) is 0 Å². The second kappa shape index (κ2) is 8.35. The first-order valence-electron chi connectivity index (χ1n) is 8.99. The molecule has 0 saturated heterocycles. The van der Waals surface area contributed by atoms with Gasteiger partial charge >= 0.3 is 0 Å². The summed E-state index contributed by atoms with van der Waals surface area (Å²) in [7, 11) is -3.26. The summed E-state index contributed by atoms with van der Waals surface area (Å²) in [5.41, 5.74) is 0.984. The van der Waals surface area contributed by atoms with E-state index in [2.05, 4.69) is 15.3 Å². The van der Waals surface area contributed by atoms with Crippen LogP contribution in [-0.2, 0) is 21.1 Å². The molecule has 146 valence electrons. The van der Waals surface area contributed by atoms with Crippen LogP contribution in [0.4, 0.5) is 5.69 Å². The van der Waals surface area contributed by atoms with Crippen LogP contribution in [0.25, 0.3) is 10.9 Å². The van der Waals surface area contributed by atoms with Crippen LogP contribution in [0.1, 0.15) is 25.6 Å². The normalized spacial score (nSPS) is 11.5. The first-order chi connectivity index (χ1) is 13.4. The highest BCUT2D eigenvalue weighted by atomic mass is 32.2. The third-order valence-corrected chi connectivity index (χ3v) is 6.11. The molecule has 1 amide bonds. The number of para-hydroxylation sites is 1. The van der Waals surface area contributed by atoms with Gasteiger partial charge in [0.2, 0.25) is 5.91 Å². The van der Waals surface area contributed by atoms with Crippen molar-refractivity contribution in [2.24, 2.45) is 0 Å². The van der Waals surface area contributed by atoms with Gasteiger partial charge in [0.15, 0.2) is 9.84 Å². The molecule has 28 heavy (non-hydrogen) atoms. The lowest BCUT2D eigenvalue weighted by Gasteiger charge is -2.07. The smallest absolute Gasteiger partial charge is 0.258 e. The van der Waals surface area contributed by atoms with E-state index in [4.69, 9.17) is 0 Å². The van der Waals surface area contributed by atoms with Gasteiger partial charge in [0.25, 0.3) is 5.56 Å². The largest absolute Gasteiger partial charge is 0.326 e. The number of aromatic amines is 1. The fourth-order valence-corrected chi connectivity index (χ4v) is 3.69. The molecule has 7 nitrogen and oxygen atoms in total. The van der Waals surface area contributed by atoms with Crippen molar-refractivity contribution < 1.29 is 13.2 Å². The molecule has 3 aromatic rings. The van der Waals surface area contributed by atoms with Crippen LogP contribution in [0.2, 0.25) is 0 Å². The van der Waals surface area contributed by atoms with Gasteiger partial charge in [-0.15, -0.1) is 0 Å². The number of H-pyrrole nitrogens is 1. The molecule has 3 rings (SSSR count). The zero-order valence-corrected chi connectivity index (χ0v) is 16.3. The number of carbonyl (C=O) groups is 1. The molecule has 0 radical (unpaired) electrons. The van der Waals surface area contributed by atoms with Crippen LogP contribution in [0.3, 0.4) is 0 Å². The van der Waals surface area contributed by atoms with Crippen LogP contribution in [0, 0.1) is 0 Å². The number of hydrogen-bond acceptors (Lipinski definition) is 5. The number of amides is 1. The number of nitrogens with zero attached hydrogens (tertiary/aromatic N) is 1. The number of aryl methyl sites for hydroxylation is 1. The molecule has 2 aromatic carbocycles. The van der Waals surface area contributed by atoms with Crippen molar-refractivity contribution in [2.75, 3.05) is 11.1 Å². The van der Waals surface area contributed by atoms with Crippen LogP contribution < -0.4 is 10.9 Å². The average molecular weight is 399 g/mol. The van der Waals surface area contributed by atoms with Gasteiger partial charge < -0.3 is 10.3 Å². The number of nitrogens with one attached hydrogen (secondary N) is 2. The fraction of sp³-hybridized carbons (Fsp3) is 0.250. The number of anilines is 1. The Kier molecular flexibility index (Phi) is 5.89. The summed E-state index contributed by atoms with van der Waals surface area (Å²) in [6.07, 6.45) is 1.25. The van der Waals surface area contributed by atoms with E-state index >= 15 is 0 Å². The Labute approximate surface area is 162 Å². The van der Waals surface area contributed by atoms with Crippen molar-refractivity contribution in [3.05, 3.63) is 64.7 Å². The maximum Gasteiger partial charge on any atom is 0.258 e. The summed E-state index contributed by atoms with van der Waals surface area (Å²) in [6.45, 7) is 1.59. The maximum atomic E-state index is 12.1. The molecule has 0 aliphatic rings. The van der Waals surface area contributed by atoms with Gasteiger partial charge in [-0.25, -0.2) is 13.4 Å². The van der Waals surface area contributed by atoms with Crippen molar-refractivity contribution in [2.45, 2.75) is 31.1 Å². The number of rotatable bonds is 7. The van der Waals surface area contributed by atoms with Crippen LogP contribution >= 0.6 is 0 Å². The van der Waals surface area contributed by atoms with Gasteiger partial charge in [-0.05, 0) is 42.8 Å². The third kappa shape index (κ3) is 4.64. The summed E-state index contributed by atoms with van der Waals surface area (Å²) in [5.74, 6) is 0.392. The average Bonchev–Trinajstić information content (AvgIpc) is 2.68. The summed E-state index contributed by atoms with van der Waals surface area (Å²) >= 11 is 0. The van der Waals surface area contributed by atoms with Crippen molar-refractivity contribution >= 4 is 32.3 Å². The van der Waals surface area contributed by atoms with Crippen molar-refractivity contribution in [1.82, 2.24) is 9.97 Å². The van der Waals surface area contributed by atoms with Gasteiger partial charge in [-0.2, -0.15) is 0 Å². The molecule has 2 N–H and O–H groups in total. The lowest BCUT2D eigenvalue weighted by molar-refractivity contribution is -0.116. The highest BCUT2D eigenvalue weighted by Crippen LogP contribution is 2.16. The quantitative estimate of drug-likeness (QED) is 0.635. The molecule has 1 heterocycles. The van der Waals surface area contributed by atoms with Gasteiger partial charge in [-0.1, -0.05) is 19.1 Å². The molecule has 0 aliphatic carbocycles. The van der Waals surface area contributed by atoms with Crippen LogP contribution in [-0.4, -0.2) is 30.0 Å². The van der Waals surface area contributed by atoms with E-state index < -0.39 is 9.84 Å². The minimum atomic E-state index is -3.26. The standard InChI is InChI=1S/C20H21N3O4S/c1-2-28(26,27)15-12-10-14(11-13-15)21-19(24)9-5-8-18-22-17-7-4-3-6-16(17)20(25)23-18/h3-4,6-7,10-13H,2,5,8-9H2,1H3,(H,21,24)(H,22,23,25). The zero-order valence-electron chi connectivity index (χ0n) is 15.4. The molecule has 0 atom stereocenters. The summed E-state index contributed by atoms with van der Waals surface area (Å²) in [4.78, 5) is 31.5. The molecule has 0 saturated carbocycles. The Bertz CT molecular complexity index is 1150. The monoisotopic (exact) mass is 399 g/mol. The lowest BCUT2D eigenvalue weighted by Crippen LogP contribution is -2.14. The van der Waals surface area contributed by atoms with E-state index in [1.54, 1.807) is 37.3 Å². The van der Waals surface area contributed by atoms with Gasteiger partial charge in [-0.3, -0.25) is 9.59 Å². The van der Waals surface area contributed by atoms with E-state index in [0.29, 0.717) is 35.3 Å². The first-order valence-corrected chi connectivity index (χ1v) is 10.6. The second-order valence-corrected chi connectivity index (χ2v) is 8.64. The number of hydrogen-bond donors (Lipinski definition) is 2. The van der Waals surface area contributed by atoms with Crippen LogP contribution in [0.15, 0.2) is 58.2 Å². The first kappa shape index (κ1) is 19.8. The second-order valence-electron chi connectivity index (χ2n) is 6.36.